The first kappa shape index (κ1) is 11.3. The summed E-state index contributed by atoms with van der Waals surface area (Å²) in [5, 5.41) is 2.44. The zero-order valence-corrected chi connectivity index (χ0v) is 11.2. The van der Waals surface area contributed by atoms with Crippen molar-refractivity contribution >= 4 is 21.9 Å². The Morgan fingerprint density at radius 1 is 0.944 bits per heavy atom. The summed E-state index contributed by atoms with van der Waals surface area (Å²) in [6, 6.07) is 14.7. The van der Waals surface area contributed by atoms with Gasteiger partial charge in [-0.05, 0) is 17.9 Å². The molecule has 0 N–H and O–H groups in total. The highest BCUT2D eigenvalue weighted by Crippen LogP contribution is 2.37. The van der Waals surface area contributed by atoms with Crippen LogP contribution in [0.25, 0.3) is 21.9 Å². The average Bonchev–Trinajstić information content (AvgIpc) is 2.77. The second-order valence-electron chi connectivity index (χ2n) is 5.52. The minimum absolute atomic E-state index is 0.146. The molecule has 0 aliphatic heterocycles. The molecule has 18 heavy (non-hydrogen) atoms. The van der Waals surface area contributed by atoms with Crippen LogP contribution in [0.5, 0.6) is 0 Å². The van der Waals surface area contributed by atoms with E-state index in [0.29, 0.717) is 0 Å². The molecule has 2 aromatic carbocycles. The molecule has 0 radical (unpaired) electrons. The van der Waals surface area contributed by atoms with Gasteiger partial charge in [-0.1, -0.05) is 57.2 Å². The van der Waals surface area contributed by atoms with Crippen molar-refractivity contribution in [2.45, 2.75) is 32.6 Å². The van der Waals surface area contributed by atoms with Gasteiger partial charge in [0, 0.05) is 16.3 Å². The molecule has 0 atom stereocenters. The van der Waals surface area contributed by atoms with E-state index < -0.39 is 0 Å². The predicted octanol–water partition coefficient (Wildman–Crippen LogP) is 5.27. The number of rotatable bonds is 2. The van der Waals surface area contributed by atoms with Crippen LogP contribution in [-0.4, -0.2) is 0 Å². The molecular weight excluding hydrogens is 220 g/mol. The highest BCUT2D eigenvalue weighted by atomic mass is 16.3. The van der Waals surface area contributed by atoms with E-state index in [4.69, 9.17) is 4.42 Å². The summed E-state index contributed by atoms with van der Waals surface area (Å²) in [6.45, 7) is 6.77. The van der Waals surface area contributed by atoms with E-state index in [1.807, 2.05) is 12.1 Å². The Bertz CT molecular complexity index is 704. The summed E-state index contributed by atoms with van der Waals surface area (Å²) in [5.74, 6) is 0. The number of benzene rings is 2. The lowest BCUT2D eigenvalue weighted by atomic mass is 9.81. The van der Waals surface area contributed by atoms with Crippen LogP contribution in [0.1, 0.15) is 32.8 Å². The van der Waals surface area contributed by atoms with Gasteiger partial charge in [0.1, 0.15) is 11.2 Å². The first-order chi connectivity index (χ1) is 8.63. The minimum atomic E-state index is 0.146. The summed E-state index contributed by atoms with van der Waals surface area (Å²) < 4.78 is 6.07. The van der Waals surface area contributed by atoms with E-state index in [2.05, 4.69) is 51.1 Å². The Labute approximate surface area is 107 Å². The number of para-hydroxylation sites is 2. The summed E-state index contributed by atoms with van der Waals surface area (Å²) in [5.41, 5.74) is 3.48. The van der Waals surface area contributed by atoms with Crippen molar-refractivity contribution in [3.63, 3.8) is 0 Å². The topological polar surface area (TPSA) is 13.1 Å². The normalized spacial score (nSPS) is 12.4. The Morgan fingerprint density at radius 3 is 2.44 bits per heavy atom. The molecule has 0 aliphatic rings. The van der Waals surface area contributed by atoms with Crippen LogP contribution in [0.15, 0.2) is 46.9 Å². The van der Waals surface area contributed by atoms with Gasteiger partial charge in [0.25, 0.3) is 0 Å². The Kier molecular flexibility index (Phi) is 2.44. The van der Waals surface area contributed by atoms with Gasteiger partial charge in [0.2, 0.25) is 0 Å². The lowest BCUT2D eigenvalue weighted by molar-refractivity contribution is 0.500. The Morgan fingerprint density at radius 2 is 1.67 bits per heavy atom. The largest absolute Gasteiger partial charge is 0.456 e. The van der Waals surface area contributed by atoms with E-state index in [1.54, 1.807) is 0 Å². The molecule has 1 heteroatoms. The SMILES string of the molecule is CCC(C)(C)c1cccc2c1oc1ccccc12. The van der Waals surface area contributed by atoms with Crippen molar-refractivity contribution in [3.8, 4) is 0 Å². The molecule has 0 saturated carbocycles. The summed E-state index contributed by atoms with van der Waals surface area (Å²) in [4.78, 5) is 0. The van der Waals surface area contributed by atoms with Gasteiger partial charge in [-0.3, -0.25) is 0 Å². The molecule has 1 nitrogen and oxygen atoms in total. The second kappa shape index (κ2) is 3.88. The first-order valence-electron chi connectivity index (χ1n) is 6.54. The number of hydrogen-bond donors (Lipinski definition) is 0. The number of fused-ring (bicyclic) bond motifs is 3. The van der Waals surface area contributed by atoms with E-state index in [-0.39, 0.29) is 5.41 Å². The van der Waals surface area contributed by atoms with E-state index in [0.717, 1.165) is 17.6 Å². The van der Waals surface area contributed by atoms with Gasteiger partial charge in [0.15, 0.2) is 0 Å². The maximum absolute atomic E-state index is 6.07. The third kappa shape index (κ3) is 1.54. The lowest BCUT2D eigenvalue weighted by Crippen LogP contribution is -2.15. The van der Waals surface area contributed by atoms with E-state index >= 15 is 0 Å². The maximum Gasteiger partial charge on any atom is 0.139 e. The lowest BCUT2D eigenvalue weighted by Gasteiger charge is -2.23. The predicted molar refractivity (Wildman–Crippen MR) is 77.0 cm³/mol. The zero-order valence-electron chi connectivity index (χ0n) is 11.2. The van der Waals surface area contributed by atoms with Gasteiger partial charge in [0.05, 0.1) is 0 Å². The molecular formula is C17H18O. The smallest absolute Gasteiger partial charge is 0.139 e. The molecule has 3 aromatic rings. The van der Waals surface area contributed by atoms with Gasteiger partial charge in [-0.2, -0.15) is 0 Å². The average molecular weight is 238 g/mol. The third-order valence-electron chi connectivity index (χ3n) is 4.02. The van der Waals surface area contributed by atoms with Crippen LogP contribution in [0.2, 0.25) is 0 Å². The molecule has 0 saturated heterocycles. The molecule has 0 amide bonds. The number of furan rings is 1. The maximum atomic E-state index is 6.07. The van der Waals surface area contributed by atoms with Gasteiger partial charge >= 0.3 is 0 Å². The monoisotopic (exact) mass is 238 g/mol. The highest BCUT2D eigenvalue weighted by Gasteiger charge is 2.23. The van der Waals surface area contributed by atoms with Crippen molar-refractivity contribution in [3.05, 3.63) is 48.0 Å². The van der Waals surface area contributed by atoms with Gasteiger partial charge < -0.3 is 4.42 Å². The first-order valence-corrected chi connectivity index (χ1v) is 6.54. The molecule has 0 bridgehead atoms. The second-order valence-corrected chi connectivity index (χ2v) is 5.52. The molecule has 0 spiro atoms. The third-order valence-corrected chi connectivity index (χ3v) is 4.02. The van der Waals surface area contributed by atoms with Crippen LogP contribution >= 0.6 is 0 Å². The van der Waals surface area contributed by atoms with Crippen LogP contribution in [0, 0.1) is 0 Å². The molecule has 0 fully saturated rings. The molecule has 0 unspecified atom stereocenters. The van der Waals surface area contributed by atoms with Crippen molar-refractivity contribution in [2.75, 3.05) is 0 Å². The summed E-state index contributed by atoms with van der Waals surface area (Å²) in [7, 11) is 0. The minimum Gasteiger partial charge on any atom is -0.456 e. The molecule has 1 aromatic heterocycles. The van der Waals surface area contributed by atoms with E-state index in [9.17, 15) is 0 Å². The van der Waals surface area contributed by atoms with Crippen LogP contribution in [-0.2, 0) is 5.41 Å². The fraction of sp³-hybridized carbons (Fsp3) is 0.294. The summed E-state index contributed by atoms with van der Waals surface area (Å²) in [6.07, 6.45) is 1.10. The van der Waals surface area contributed by atoms with Crippen LogP contribution in [0.3, 0.4) is 0 Å². The fourth-order valence-corrected chi connectivity index (χ4v) is 2.47. The van der Waals surface area contributed by atoms with Crippen molar-refractivity contribution in [1.29, 1.82) is 0 Å². The Balaban J connectivity index is 2.41. The van der Waals surface area contributed by atoms with Crippen molar-refractivity contribution < 1.29 is 4.42 Å². The van der Waals surface area contributed by atoms with Crippen molar-refractivity contribution in [1.82, 2.24) is 0 Å². The quantitative estimate of drug-likeness (QED) is 0.592. The molecule has 1 heterocycles. The zero-order chi connectivity index (χ0) is 12.8. The standard InChI is InChI=1S/C17H18O/c1-4-17(2,3)14-10-7-9-13-12-8-5-6-11-15(12)18-16(13)14/h5-11H,4H2,1-3H3. The summed E-state index contributed by atoms with van der Waals surface area (Å²) >= 11 is 0. The number of hydrogen-bond acceptors (Lipinski definition) is 1. The Hall–Kier alpha value is -1.76. The van der Waals surface area contributed by atoms with E-state index in [1.165, 1.54) is 16.3 Å². The fourth-order valence-electron chi connectivity index (χ4n) is 2.47. The molecule has 3 rings (SSSR count). The molecule has 92 valence electrons. The van der Waals surface area contributed by atoms with Crippen LogP contribution < -0.4 is 0 Å². The molecule has 0 aliphatic carbocycles. The highest BCUT2D eigenvalue weighted by molar-refractivity contribution is 6.06. The van der Waals surface area contributed by atoms with Crippen LogP contribution in [0.4, 0.5) is 0 Å². The van der Waals surface area contributed by atoms with Crippen molar-refractivity contribution in [2.24, 2.45) is 0 Å². The van der Waals surface area contributed by atoms with Gasteiger partial charge in [-0.25, -0.2) is 0 Å². The van der Waals surface area contributed by atoms with Gasteiger partial charge in [-0.15, -0.1) is 0 Å².